The zero-order valence-electron chi connectivity index (χ0n) is 13.4. The van der Waals surface area contributed by atoms with E-state index in [-0.39, 0.29) is 0 Å². The standard InChI is InChI=1S/C16H31N3/c1-6-8-16(5,13-17-10-14(3)4)9-15-11-18-19(7-2)12-15/h11-12,14,17H,6-10,13H2,1-5H3. The van der Waals surface area contributed by atoms with Crippen LogP contribution in [-0.4, -0.2) is 22.9 Å². The molecule has 3 heteroatoms. The molecule has 1 aromatic heterocycles. The molecule has 0 fully saturated rings. The molecule has 0 radical (unpaired) electrons. The van der Waals surface area contributed by atoms with Gasteiger partial charge in [-0.25, -0.2) is 0 Å². The average Bonchev–Trinajstić information content (AvgIpc) is 2.76. The van der Waals surface area contributed by atoms with Crippen LogP contribution in [0.1, 0.15) is 53.0 Å². The van der Waals surface area contributed by atoms with Crippen molar-refractivity contribution in [3.63, 3.8) is 0 Å². The lowest BCUT2D eigenvalue weighted by molar-refractivity contribution is 0.271. The Kier molecular flexibility index (Phi) is 6.56. The van der Waals surface area contributed by atoms with Gasteiger partial charge >= 0.3 is 0 Å². The van der Waals surface area contributed by atoms with Crippen molar-refractivity contribution < 1.29 is 0 Å². The van der Waals surface area contributed by atoms with Crippen LogP contribution < -0.4 is 5.32 Å². The van der Waals surface area contributed by atoms with E-state index in [4.69, 9.17) is 0 Å². The van der Waals surface area contributed by atoms with E-state index in [1.54, 1.807) is 0 Å². The molecular weight excluding hydrogens is 234 g/mol. The summed E-state index contributed by atoms with van der Waals surface area (Å²) in [6.07, 6.45) is 7.83. The molecule has 1 aromatic rings. The lowest BCUT2D eigenvalue weighted by atomic mass is 9.80. The highest BCUT2D eigenvalue weighted by Gasteiger charge is 2.24. The second-order valence-corrected chi connectivity index (χ2v) is 6.47. The first-order chi connectivity index (χ1) is 8.99. The Morgan fingerprint density at radius 3 is 2.63 bits per heavy atom. The summed E-state index contributed by atoms with van der Waals surface area (Å²) < 4.78 is 2.02. The fourth-order valence-electron chi connectivity index (χ4n) is 2.67. The summed E-state index contributed by atoms with van der Waals surface area (Å²) in [4.78, 5) is 0. The van der Waals surface area contributed by atoms with Gasteiger partial charge in [0, 0.05) is 19.3 Å². The van der Waals surface area contributed by atoms with E-state index in [9.17, 15) is 0 Å². The van der Waals surface area contributed by atoms with Crippen molar-refractivity contribution in [2.75, 3.05) is 13.1 Å². The minimum absolute atomic E-state index is 0.339. The molecule has 1 heterocycles. The topological polar surface area (TPSA) is 29.9 Å². The fraction of sp³-hybridized carbons (Fsp3) is 0.812. The van der Waals surface area contributed by atoms with Crippen LogP contribution in [-0.2, 0) is 13.0 Å². The predicted octanol–water partition coefficient (Wildman–Crippen LogP) is 3.50. The normalized spacial score (nSPS) is 14.8. The molecule has 1 atom stereocenters. The van der Waals surface area contributed by atoms with Gasteiger partial charge in [-0.15, -0.1) is 0 Å². The van der Waals surface area contributed by atoms with E-state index in [1.807, 2.05) is 10.9 Å². The van der Waals surface area contributed by atoms with Crippen molar-refractivity contribution in [1.82, 2.24) is 15.1 Å². The number of aromatic nitrogens is 2. The number of rotatable bonds is 9. The Morgan fingerprint density at radius 1 is 1.37 bits per heavy atom. The summed E-state index contributed by atoms with van der Waals surface area (Å²) in [6.45, 7) is 14.5. The first kappa shape index (κ1) is 16.2. The van der Waals surface area contributed by atoms with E-state index < -0.39 is 0 Å². The maximum atomic E-state index is 4.38. The van der Waals surface area contributed by atoms with Gasteiger partial charge in [0.15, 0.2) is 0 Å². The van der Waals surface area contributed by atoms with Crippen LogP contribution in [0.2, 0.25) is 0 Å². The summed E-state index contributed by atoms with van der Waals surface area (Å²) in [5, 5.41) is 8.01. The molecule has 19 heavy (non-hydrogen) atoms. The minimum Gasteiger partial charge on any atom is -0.316 e. The molecule has 0 saturated carbocycles. The predicted molar refractivity (Wildman–Crippen MR) is 82.3 cm³/mol. The second-order valence-electron chi connectivity index (χ2n) is 6.47. The molecule has 110 valence electrons. The van der Waals surface area contributed by atoms with Crippen molar-refractivity contribution >= 4 is 0 Å². The molecule has 0 bridgehead atoms. The maximum Gasteiger partial charge on any atom is 0.0521 e. The smallest absolute Gasteiger partial charge is 0.0521 e. The summed E-state index contributed by atoms with van der Waals surface area (Å²) in [6, 6.07) is 0. The lowest BCUT2D eigenvalue weighted by Crippen LogP contribution is -2.35. The van der Waals surface area contributed by atoms with Crippen molar-refractivity contribution in [2.24, 2.45) is 11.3 Å². The molecule has 0 aliphatic carbocycles. The first-order valence-electron chi connectivity index (χ1n) is 7.71. The number of hydrogen-bond acceptors (Lipinski definition) is 2. The van der Waals surface area contributed by atoms with Crippen molar-refractivity contribution in [3.8, 4) is 0 Å². The van der Waals surface area contributed by atoms with Crippen LogP contribution >= 0.6 is 0 Å². The third kappa shape index (κ3) is 5.77. The van der Waals surface area contributed by atoms with Crippen molar-refractivity contribution in [1.29, 1.82) is 0 Å². The molecule has 3 nitrogen and oxygen atoms in total. The highest BCUT2D eigenvalue weighted by atomic mass is 15.3. The van der Waals surface area contributed by atoms with Gasteiger partial charge in [0.25, 0.3) is 0 Å². The zero-order chi connectivity index (χ0) is 14.3. The first-order valence-corrected chi connectivity index (χ1v) is 7.71. The van der Waals surface area contributed by atoms with Gasteiger partial charge in [-0.05, 0) is 43.2 Å². The van der Waals surface area contributed by atoms with Crippen LogP contribution in [0.4, 0.5) is 0 Å². The molecular formula is C16H31N3. The second kappa shape index (κ2) is 7.68. The van der Waals surface area contributed by atoms with Gasteiger partial charge in [-0.1, -0.05) is 34.1 Å². The van der Waals surface area contributed by atoms with Gasteiger partial charge in [0.2, 0.25) is 0 Å². The Balaban J connectivity index is 2.58. The summed E-state index contributed by atoms with van der Waals surface area (Å²) in [5.74, 6) is 0.716. The van der Waals surface area contributed by atoms with Crippen LogP contribution in [0.5, 0.6) is 0 Å². The maximum absolute atomic E-state index is 4.38. The molecule has 0 aromatic carbocycles. The lowest BCUT2D eigenvalue weighted by Gasteiger charge is -2.30. The molecule has 0 saturated heterocycles. The molecule has 0 aliphatic rings. The molecule has 1 rings (SSSR count). The Morgan fingerprint density at radius 2 is 2.11 bits per heavy atom. The van der Waals surface area contributed by atoms with Crippen LogP contribution in [0.15, 0.2) is 12.4 Å². The van der Waals surface area contributed by atoms with E-state index in [0.29, 0.717) is 11.3 Å². The quantitative estimate of drug-likeness (QED) is 0.740. The Bertz CT molecular complexity index is 357. The number of aryl methyl sites for hydroxylation is 1. The minimum atomic E-state index is 0.339. The van der Waals surface area contributed by atoms with Crippen molar-refractivity contribution in [3.05, 3.63) is 18.0 Å². The number of hydrogen-bond donors (Lipinski definition) is 1. The van der Waals surface area contributed by atoms with E-state index in [2.05, 4.69) is 51.2 Å². The third-order valence-corrected chi connectivity index (χ3v) is 3.60. The molecule has 0 aliphatic heterocycles. The van der Waals surface area contributed by atoms with Gasteiger partial charge in [-0.3, -0.25) is 4.68 Å². The van der Waals surface area contributed by atoms with Crippen LogP contribution in [0.3, 0.4) is 0 Å². The Labute approximate surface area is 118 Å². The van der Waals surface area contributed by atoms with E-state index in [1.165, 1.54) is 18.4 Å². The highest BCUT2D eigenvalue weighted by Crippen LogP contribution is 2.27. The van der Waals surface area contributed by atoms with Gasteiger partial charge < -0.3 is 5.32 Å². The van der Waals surface area contributed by atoms with E-state index in [0.717, 1.165) is 26.1 Å². The zero-order valence-corrected chi connectivity index (χ0v) is 13.4. The van der Waals surface area contributed by atoms with Gasteiger partial charge in [0.1, 0.15) is 0 Å². The molecule has 1 unspecified atom stereocenters. The third-order valence-electron chi connectivity index (χ3n) is 3.60. The molecule has 0 spiro atoms. The largest absolute Gasteiger partial charge is 0.316 e. The van der Waals surface area contributed by atoms with Crippen molar-refractivity contribution in [2.45, 2.75) is 60.4 Å². The number of nitrogens with one attached hydrogen (secondary N) is 1. The van der Waals surface area contributed by atoms with Crippen LogP contribution in [0.25, 0.3) is 0 Å². The summed E-state index contributed by atoms with van der Waals surface area (Å²) in [7, 11) is 0. The molecule has 1 N–H and O–H groups in total. The fourth-order valence-corrected chi connectivity index (χ4v) is 2.67. The average molecular weight is 265 g/mol. The SMILES string of the molecule is CCCC(C)(CNCC(C)C)Cc1cnn(CC)c1. The Hall–Kier alpha value is -0.830. The monoisotopic (exact) mass is 265 g/mol. The summed E-state index contributed by atoms with van der Waals surface area (Å²) in [5.41, 5.74) is 1.70. The van der Waals surface area contributed by atoms with Gasteiger partial charge in [0.05, 0.1) is 6.20 Å². The van der Waals surface area contributed by atoms with E-state index >= 15 is 0 Å². The molecule has 0 amide bonds. The van der Waals surface area contributed by atoms with Gasteiger partial charge in [-0.2, -0.15) is 5.10 Å². The van der Waals surface area contributed by atoms with Crippen LogP contribution in [0, 0.1) is 11.3 Å². The highest BCUT2D eigenvalue weighted by molar-refractivity contribution is 5.07. The summed E-state index contributed by atoms with van der Waals surface area (Å²) >= 11 is 0. The number of nitrogens with zero attached hydrogens (tertiary/aromatic N) is 2.